The van der Waals surface area contributed by atoms with Crippen molar-refractivity contribution >= 4 is 11.3 Å². The molecule has 1 aromatic rings. The van der Waals surface area contributed by atoms with E-state index in [4.69, 9.17) is 0 Å². The van der Waals surface area contributed by atoms with Crippen LogP contribution in [0.15, 0.2) is 16.8 Å². The number of hydrogen-bond donors (Lipinski definition) is 1. The van der Waals surface area contributed by atoms with Crippen molar-refractivity contribution in [3.8, 4) is 0 Å². The summed E-state index contributed by atoms with van der Waals surface area (Å²) in [6.07, 6.45) is 1.20. The van der Waals surface area contributed by atoms with Crippen molar-refractivity contribution in [2.24, 2.45) is 5.92 Å². The van der Waals surface area contributed by atoms with Gasteiger partial charge in [0.2, 0.25) is 0 Å². The molecule has 1 fully saturated rings. The van der Waals surface area contributed by atoms with Crippen molar-refractivity contribution in [1.29, 1.82) is 0 Å². The summed E-state index contributed by atoms with van der Waals surface area (Å²) >= 11 is 1.80. The van der Waals surface area contributed by atoms with Gasteiger partial charge in [0.05, 0.1) is 0 Å². The predicted octanol–water partition coefficient (Wildman–Crippen LogP) is 2.22. The standard InChI is InChI=1S/C13H22N2S/c1-11(2)13-9-14-5-7-15(13)6-3-12-4-8-16-10-12/h4,8,10-11,13-14H,3,5-7,9H2,1-2H3. The van der Waals surface area contributed by atoms with Gasteiger partial charge in [0.15, 0.2) is 0 Å². The largest absolute Gasteiger partial charge is 0.314 e. The lowest BCUT2D eigenvalue weighted by atomic mass is 10.00. The Labute approximate surface area is 103 Å². The maximum atomic E-state index is 3.50. The molecule has 0 radical (unpaired) electrons. The van der Waals surface area contributed by atoms with Crippen molar-refractivity contribution in [3.05, 3.63) is 22.4 Å². The summed E-state index contributed by atoms with van der Waals surface area (Å²) < 4.78 is 0. The Morgan fingerprint density at radius 2 is 2.44 bits per heavy atom. The molecule has 0 bridgehead atoms. The molecule has 1 aliphatic rings. The van der Waals surface area contributed by atoms with E-state index in [2.05, 4.69) is 40.9 Å². The Hall–Kier alpha value is -0.380. The molecule has 16 heavy (non-hydrogen) atoms. The average Bonchev–Trinajstić information content (AvgIpc) is 2.79. The summed E-state index contributed by atoms with van der Waals surface area (Å²) in [5.74, 6) is 0.746. The van der Waals surface area contributed by atoms with Crippen LogP contribution in [0.2, 0.25) is 0 Å². The van der Waals surface area contributed by atoms with Gasteiger partial charge in [-0.25, -0.2) is 0 Å². The van der Waals surface area contributed by atoms with E-state index in [0.29, 0.717) is 6.04 Å². The van der Waals surface area contributed by atoms with Gasteiger partial charge in [0.1, 0.15) is 0 Å². The minimum Gasteiger partial charge on any atom is -0.314 e. The molecule has 1 N–H and O–H groups in total. The second kappa shape index (κ2) is 5.80. The zero-order chi connectivity index (χ0) is 11.4. The van der Waals surface area contributed by atoms with E-state index in [1.807, 2.05) is 0 Å². The molecule has 1 saturated heterocycles. The van der Waals surface area contributed by atoms with Crippen molar-refractivity contribution in [3.63, 3.8) is 0 Å². The molecule has 0 aliphatic carbocycles. The fourth-order valence-corrected chi connectivity index (χ4v) is 3.11. The molecule has 1 atom stereocenters. The van der Waals surface area contributed by atoms with Gasteiger partial charge in [0, 0.05) is 32.2 Å². The zero-order valence-corrected chi connectivity index (χ0v) is 11.1. The van der Waals surface area contributed by atoms with Gasteiger partial charge in [-0.05, 0) is 34.7 Å². The lowest BCUT2D eigenvalue weighted by Crippen LogP contribution is -2.53. The van der Waals surface area contributed by atoms with Gasteiger partial charge in [-0.1, -0.05) is 13.8 Å². The number of nitrogens with zero attached hydrogens (tertiary/aromatic N) is 1. The molecule has 2 heterocycles. The van der Waals surface area contributed by atoms with Crippen LogP contribution in [-0.2, 0) is 6.42 Å². The summed E-state index contributed by atoms with van der Waals surface area (Å²) in [6, 6.07) is 2.96. The number of piperazine rings is 1. The molecule has 1 unspecified atom stereocenters. The van der Waals surface area contributed by atoms with Crippen molar-refractivity contribution < 1.29 is 0 Å². The van der Waals surface area contributed by atoms with Crippen LogP contribution in [-0.4, -0.2) is 37.1 Å². The third kappa shape index (κ3) is 3.06. The monoisotopic (exact) mass is 238 g/mol. The maximum Gasteiger partial charge on any atom is 0.0244 e. The Balaban J connectivity index is 1.86. The Bertz CT molecular complexity index is 295. The minimum atomic E-state index is 0.715. The second-order valence-electron chi connectivity index (χ2n) is 4.93. The molecule has 1 aliphatic heterocycles. The topological polar surface area (TPSA) is 15.3 Å². The fraction of sp³-hybridized carbons (Fsp3) is 0.692. The molecule has 2 rings (SSSR count). The number of thiophene rings is 1. The van der Waals surface area contributed by atoms with Crippen molar-refractivity contribution in [2.75, 3.05) is 26.2 Å². The highest BCUT2D eigenvalue weighted by atomic mass is 32.1. The van der Waals surface area contributed by atoms with E-state index in [-0.39, 0.29) is 0 Å². The molecular weight excluding hydrogens is 216 g/mol. The SMILES string of the molecule is CC(C)C1CNCCN1CCc1ccsc1. The van der Waals surface area contributed by atoms with Crippen LogP contribution in [0, 0.1) is 5.92 Å². The maximum absolute atomic E-state index is 3.50. The molecule has 0 aromatic carbocycles. The second-order valence-corrected chi connectivity index (χ2v) is 5.71. The highest BCUT2D eigenvalue weighted by Crippen LogP contribution is 2.14. The molecular formula is C13H22N2S. The molecule has 1 aromatic heterocycles. The molecule has 2 nitrogen and oxygen atoms in total. The summed E-state index contributed by atoms with van der Waals surface area (Å²) in [4.78, 5) is 2.65. The zero-order valence-electron chi connectivity index (χ0n) is 10.3. The summed E-state index contributed by atoms with van der Waals surface area (Å²) in [5, 5.41) is 7.94. The van der Waals surface area contributed by atoms with Crippen LogP contribution in [0.5, 0.6) is 0 Å². The smallest absolute Gasteiger partial charge is 0.0244 e. The van der Waals surface area contributed by atoms with Crippen LogP contribution in [0.3, 0.4) is 0 Å². The number of rotatable bonds is 4. The molecule has 0 amide bonds. The van der Waals surface area contributed by atoms with E-state index in [1.54, 1.807) is 11.3 Å². The minimum absolute atomic E-state index is 0.715. The lowest BCUT2D eigenvalue weighted by molar-refractivity contribution is 0.126. The van der Waals surface area contributed by atoms with Crippen LogP contribution in [0.1, 0.15) is 19.4 Å². The Kier molecular flexibility index (Phi) is 4.38. The van der Waals surface area contributed by atoms with Crippen LogP contribution in [0.25, 0.3) is 0 Å². The summed E-state index contributed by atoms with van der Waals surface area (Å²) in [6.45, 7) is 9.37. The Morgan fingerprint density at radius 1 is 1.56 bits per heavy atom. The van der Waals surface area contributed by atoms with E-state index in [1.165, 1.54) is 25.1 Å². The highest BCUT2D eigenvalue weighted by molar-refractivity contribution is 7.07. The van der Waals surface area contributed by atoms with Gasteiger partial charge >= 0.3 is 0 Å². The normalized spacial score (nSPS) is 22.8. The van der Waals surface area contributed by atoms with Gasteiger partial charge < -0.3 is 5.32 Å². The predicted molar refractivity (Wildman–Crippen MR) is 71.1 cm³/mol. The first-order chi connectivity index (χ1) is 7.77. The van der Waals surface area contributed by atoms with Gasteiger partial charge in [-0.3, -0.25) is 4.90 Å². The average molecular weight is 238 g/mol. The van der Waals surface area contributed by atoms with Gasteiger partial charge in [-0.15, -0.1) is 0 Å². The first-order valence-corrected chi connectivity index (χ1v) is 7.17. The van der Waals surface area contributed by atoms with E-state index in [0.717, 1.165) is 19.0 Å². The molecule has 0 saturated carbocycles. The number of nitrogens with one attached hydrogen (secondary N) is 1. The summed E-state index contributed by atoms with van der Waals surface area (Å²) in [5.41, 5.74) is 1.49. The molecule has 90 valence electrons. The van der Waals surface area contributed by atoms with Crippen LogP contribution < -0.4 is 5.32 Å². The molecule has 3 heteroatoms. The van der Waals surface area contributed by atoms with Gasteiger partial charge in [0.25, 0.3) is 0 Å². The summed E-state index contributed by atoms with van der Waals surface area (Å²) in [7, 11) is 0. The van der Waals surface area contributed by atoms with Crippen LogP contribution >= 0.6 is 11.3 Å². The quantitative estimate of drug-likeness (QED) is 0.865. The van der Waals surface area contributed by atoms with Crippen molar-refractivity contribution in [1.82, 2.24) is 10.2 Å². The van der Waals surface area contributed by atoms with Crippen LogP contribution in [0.4, 0.5) is 0 Å². The first kappa shape index (κ1) is 12.1. The lowest BCUT2D eigenvalue weighted by Gasteiger charge is -2.38. The van der Waals surface area contributed by atoms with Gasteiger partial charge in [-0.2, -0.15) is 11.3 Å². The molecule has 0 spiro atoms. The third-order valence-electron chi connectivity index (χ3n) is 3.44. The highest BCUT2D eigenvalue weighted by Gasteiger charge is 2.24. The van der Waals surface area contributed by atoms with E-state index >= 15 is 0 Å². The fourth-order valence-electron chi connectivity index (χ4n) is 2.41. The van der Waals surface area contributed by atoms with Crippen molar-refractivity contribution in [2.45, 2.75) is 26.3 Å². The first-order valence-electron chi connectivity index (χ1n) is 6.23. The van der Waals surface area contributed by atoms with E-state index in [9.17, 15) is 0 Å². The Morgan fingerprint density at radius 3 is 3.12 bits per heavy atom. The number of hydrogen-bond acceptors (Lipinski definition) is 3. The third-order valence-corrected chi connectivity index (χ3v) is 4.17. The van der Waals surface area contributed by atoms with E-state index < -0.39 is 0 Å².